The molecule has 110 valence electrons. The van der Waals surface area contributed by atoms with Gasteiger partial charge in [-0.15, -0.1) is 5.10 Å². The normalized spacial score (nSPS) is 18.0. The van der Waals surface area contributed by atoms with Crippen molar-refractivity contribution in [2.24, 2.45) is 0 Å². The summed E-state index contributed by atoms with van der Waals surface area (Å²) in [6.07, 6.45) is 2.35. The Morgan fingerprint density at radius 3 is 3.00 bits per heavy atom. The van der Waals surface area contributed by atoms with Crippen molar-refractivity contribution in [2.75, 3.05) is 13.1 Å². The van der Waals surface area contributed by atoms with E-state index in [-0.39, 0.29) is 12.0 Å². The predicted molar refractivity (Wildman–Crippen MR) is 75.2 cm³/mol. The van der Waals surface area contributed by atoms with Crippen LogP contribution in [0.25, 0.3) is 0 Å². The number of aryl methyl sites for hydroxylation is 2. The van der Waals surface area contributed by atoms with E-state index in [1.54, 1.807) is 29.3 Å². The van der Waals surface area contributed by atoms with Gasteiger partial charge in [0, 0.05) is 25.2 Å². The minimum atomic E-state index is -0.0426. The number of furan rings is 1. The van der Waals surface area contributed by atoms with Gasteiger partial charge in [-0.1, -0.05) is 0 Å². The molecule has 6 heteroatoms. The monoisotopic (exact) mass is 287 g/mol. The third-order valence-electron chi connectivity index (χ3n) is 3.54. The Kier molecular flexibility index (Phi) is 3.60. The Hall–Kier alpha value is -2.37. The maximum Gasteiger partial charge on any atom is 0.257 e. The van der Waals surface area contributed by atoms with Gasteiger partial charge >= 0.3 is 0 Å². The summed E-state index contributed by atoms with van der Waals surface area (Å²) in [4.78, 5) is 14.3. The Balaban J connectivity index is 1.64. The van der Waals surface area contributed by atoms with Crippen LogP contribution in [0.5, 0.6) is 5.88 Å². The first-order chi connectivity index (χ1) is 10.1. The minimum absolute atomic E-state index is 0.00500. The molecule has 1 atom stereocenters. The zero-order valence-electron chi connectivity index (χ0n) is 12.1. The molecule has 1 fully saturated rings. The molecule has 0 N–H and O–H groups in total. The molecule has 0 spiro atoms. The van der Waals surface area contributed by atoms with Crippen LogP contribution in [0.15, 0.2) is 28.8 Å². The number of hydrogen-bond acceptors (Lipinski definition) is 5. The summed E-state index contributed by atoms with van der Waals surface area (Å²) in [5.41, 5.74) is 0.632. The van der Waals surface area contributed by atoms with Crippen LogP contribution in [0.1, 0.15) is 28.3 Å². The van der Waals surface area contributed by atoms with E-state index in [9.17, 15) is 4.79 Å². The summed E-state index contributed by atoms with van der Waals surface area (Å²) < 4.78 is 11.2. The molecule has 1 saturated heterocycles. The average molecular weight is 287 g/mol. The number of hydrogen-bond donors (Lipinski definition) is 0. The molecule has 1 aliphatic heterocycles. The van der Waals surface area contributed by atoms with Crippen LogP contribution in [0.4, 0.5) is 0 Å². The number of carbonyl (C=O) groups excluding carboxylic acids is 1. The molecule has 1 amide bonds. The lowest BCUT2D eigenvalue weighted by atomic mass is 10.2. The van der Waals surface area contributed by atoms with Crippen molar-refractivity contribution in [3.8, 4) is 5.88 Å². The number of ether oxygens (including phenoxy) is 1. The molecule has 1 aliphatic rings. The lowest BCUT2D eigenvalue weighted by Gasteiger charge is -2.16. The number of rotatable bonds is 3. The summed E-state index contributed by atoms with van der Waals surface area (Å²) in [5, 5.41) is 7.67. The first kappa shape index (κ1) is 13.6. The fourth-order valence-corrected chi connectivity index (χ4v) is 2.54. The van der Waals surface area contributed by atoms with Gasteiger partial charge in [0.2, 0.25) is 5.88 Å². The second-order valence-electron chi connectivity index (χ2n) is 5.17. The van der Waals surface area contributed by atoms with E-state index in [4.69, 9.17) is 9.15 Å². The predicted octanol–water partition coefficient (Wildman–Crippen LogP) is 1.98. The van der Waals surface area contributed by atoms with Crippen LogP contribution >= 0.6 is 0 Å². The molecule has 3 heterocycles. The maximum absolute atomic E-state index is 12.5. The van der Waals surface area contributed by atoms with Crippen LogP contribution in [-0.4, -0.2) is 40.2 Å². The first-order valence-electron chi connectivity index (χ1n) is 6.94. The fraction of sp³-hybridized carbons (Fsp3) is 0.400. The van der Waals surface area contributed by atoms with Gasteiger partial charge < -0.3 is 14.1 Å². The highest BCUT2D eigenvalue weighted by Crippen LogP contribution is 2.21. The molecule has 6 nitrogen and oxygen atoms in total. The van der Waals surface area contributed by atoms with Crippen LogP contribution in [0, 0.1) is 13.8 Å². The smallest absolute Gasteiger partial charge is 0.257 e. The van der Waals surface area contributed by atoms with Gasteiger partial charge in [0.05, 0.1) is 12.1 Å². The molecule has 0 aromatic carbocycles. The summed E-state index contributed by atoms with van der Waals surface area (Å²) in [5.74, 6) is 1.90. The minimum Gasteiger partial charge on any atom is -0.471 e. The van der Waals surface area contributed by atoms with Crippen LogP contribution in [0.3, 0.4) is 0 Å². The summed E-state index contributed by atoms with van der Waals surface area (Å²) in [7, 11) is 0. The van der Waals surface area contributed by atoms with E-state index in [1.807, 2.05) is 13.8 Å². The van der Waals surface area contributed by atoms with Crippen molar-refractivity contribution in [1.82, 2.24) is 15.1 Å². The zero-order chi connectivity index (χ0) is 14.8. The second-order valence-corrected chi connectivity index (χ2v) is 5.17. The molecular weight excluding hydrogens is 270 g/mol. The fourth-order valence-electron chi connectivity index (χ4n) is 2.54. The van der Waals surface area contributed by atoms with E-state index in [2.05, 4.69) is 10.2 Å². The highest BCUT2D eigenvalue weighted by atomic mass is 16.5. The molecule has 2 aromatic rings. The van der Waals surface area contributed by atoms with Crippen molar-refractivity contribution in [2.45, 2.75) is 26.4 Å². The van der Waals surface area contributed by atoms with E-state index >= 15 is 0 Å². The van der Waals surface area contributed by atoms with E-state index in [1.165, 1.54) is 0 Å². The molecule has 2 aromatic heterocycles. The third kappa shape index (κ3) is 2.89. The lowest BCUT2D eigenvalue weighted by molar-refractivity contribution is 0.0769. The quantitative estimate of drug-likeness (QED) is 0.863. The molecule has 0 aliphatic carbocycles. The second kappa shape index (κ2) is 5.55. The van der Waals surface area contributed by atoms with Gasteiger partial charge in [0.25, 0.3) is 5.91 Å². The van der Waals surface area contributed by atoms with Crippen LogP contribution < -0.4 is 4.74 Å². The highest BCUT2D eigenvalue weighted by Gasteiger charge is 2.30. The van der Waals surface area contributed by atoms with Crippen molar-refractivity contribution >= 4 is 5.91 Å². The molecule has 0 bridgehead atoms. The molecule has 0 radical (unpaired) electrons. The zero-order valence-corrected chi connectivity index (χ0v) is 12.1. The van der Waals surface area contributed by atoms with Crippen molar-refractivity contribution < 1.29 is 13.9 Å². The maximum atomic E-state index is 12.5. The summed E-state index contributed by atoms with van der Waals surface area (Å²) >= 11 is 0. The van der Waals surface area contributed by atoms with Gasteiger partial charge in [0.1, 0.15) is 17.6 Å². The van der Waals surface area contributed by atoms with Crippen LogP contribution in [-0.2, 0) is 0 Å². The van der Waals surface area contributed by atoms with E-state index < -0.39 is 0 Å². The Bertz CT molecular complexity index is 639. The first-order valence-corrected chi connectivity index (χ1v) is 6.94. The highest BCUT2D eigenvalue weighted by molar-refractivity contribution is 5.95. The lowest BCUT2D eigenvalue weighted by Crippen LogP contribution is -2.31. The third-order valence-corrected chi connectivity index (χ3v) is 3.54. The molecular formula is C15H17N3O3. The molecule has 0 saturated carbocycles. The molecule has 0 unspecified atom stereocenters. The van der Waals surface area contributed by atoms with E-state index in [0.717, 1.165) is 12.2 Å². The van der Waals surface area contributed by atoms with Gasteiger partial charge in [-0.25, -0.2) is 0 Å². The van der Waals surface area contributed by atoms with Gasteiger partial charge in [-0.3, -0.25) is 4.79 Å². The Labute approximate surface area is 122 Å². The van der Waals surface area contributed by atoms with Gasteiger partial charge in [-0.05, 0) is 26.0 Å². The van der Waals surface area contributed by atoms with Gasteiger partial charge in [0.15, 0.2) is 0 Å². The SMILES string of the molecule is Cc1cc(C(=O)N2CC[C@@H](Oc3cccnn3)C2)c(C)o1. The molecule has 3 rings (SSSR count). The van der Waals surface area contributed by atoms with Crippen molar-refractivity contribution in [3.63, 3.8) is 0 Å². The summed E-state index contributed by atoms with van der Waals surface area (Å²) in [6, 6.07) is 5.33. The van der Waals surface area contributed by atoms with Crippen molar-refractivity contribution in [1.29, 1.82) is 0 Å². The number of nitrogens with zero attached hydrogens (tertiary/aromatic N) is 3. The standard InChI is InChI=1S/C15H17N3O3/c1-10-8-13(11(2)20-10)15(19)18-7-5-12(9-18)21-14-4-3-6-16-17-14/h3-4,6,8,12H,5,7,9H2,1-2H3/t12-/m1/s1. The van der Waals surface area contributed by atoms with Crippen molar-refractivity contribution in [3.05, 3.63) is 41.5 Å². The van der Waals surface area contributed by atoms with Crippen LogP contribution in [0.2, 0.25) is 0 Å². The number of carbonyl (C=O) groups is 1. The largest absolute Gasteiger partial charge is 0.471 e. The average Bonchev–Trinajstić information content (AvgIpc) is 3.06. The Morgan fingerprint density at radius 2 is 2.33 bits per heavy atom. The number of amides is 1. The van der Waals surface area contributed by atoms with Gasteiger partial charge in [-0.2, -0.15) is 5.10 Å². The van der Waals surface area contributed by atoms with E-state index in [0.29, 0.717) is 30.3 Å². The Morgan fingerprint density at radius 1 is 1.48 bits per heavy atom. The number of aromatic nitrogens is 2. The molecule has 21 heavy (non-hydrogen) atoms. The topological polar surface area (TPSA) is 68.5 Å². The summed E-state index contributed by atoms with van der Waals surface area (Å²) in [6.45, 7) is 4.88. The number of likely N-dealkylation sites (tertiary alicyclic amines) is 1.